The molecule has 1 rings (SSSR count). The number of anilines is 1. The first-order chi connectivity index (χ1) is 5.11. The maximum Gasteiger partial charge on any atom is 0.355 e. The van der Waals surface area contributed by atoms with Gasteiger partial charge in [0.25, 0.3) is 0 Å². The summed E-state index contributed by atoms with van der Waals surface area (Å²) in [5.41, 5.74) is 5.36. The predicted octanol–water partition coefficient (Wildman–Crippen LogP) is -0.174. The van der Waals surface area contributed by atoms with E-state index in [1.807, 2.05) is 13.8 Å². The van der Waals surface area contributed by atoms with Crippen molar-refractivity contribution in [3.05, 3.63) is 22.6 Å². The van der Waals surface area contributed by atoms with Crippen LogP contribution in [0, 0.1) is 0 Å². The largest absolute Gasteiger partial charge is 0.355 e. The summed E-state index contributed by atoms with van der Waals surface area (Å²) in [4.78, 5) is 13.2. The normalized spacial score (nSPS) is 10.5. The summed E-state index contributed by atoms with van der Waals surface area (Å²) >= 11 is 0. The van der Waals surface area contributed by atoms with Crippen LogP contribution in [0.15, 0.2) is 17.1 Å². The van der Waals surface area contributed by atoms with Gasteiger partial charge < -0.3 is 0 Å². The molecule has 0 aliphatic heterocycles. The van der Waals surface area contributed by atoms with Gasteiger partial charge in [0.05, 0.1) is 18.3 Å². The molecule has 0 aromatic carbocycles. The molecule has 0 bridgehead atoms. The molecule has 0 saturated carbocycles. The lowest BCUT2D eigenvalue weighted by Crippen LogP contribution is -2.41. The van der Waals surface area contributed by atoms with Crippen LogP contribution in [0.2, 0.25) is 0 Å². The summed E-state index contributed by atoms with van der Waals surface area (Å²) in [5.74, 6) is 0.396. The van der Waals surface area contributed by atoms with Gasteiger partial charge in [0.2, 0.25) is 0 Å². The van der Waals surface area contributed by atoms with E-state index < -0.39 is 0 Å². The third-order valence-electron chi connectivity index (χ3n) is 1.47. The quantitative estimate of drug-likeness (QED) is 0.551. The van der Waals surface area contributed by atoms with E-state index in [1.165, 1.54) is 6.07 Å². The van der Waals surface area contributed by atoms with Crippen LogP contribution < -0.4 is 15.9 Å². The molecule has 0 radical (unpaired) electrons. The van der Waals surface area contributed by atoms with Gasteiger partial charge in [-0.15, -0.1) is 0 Å². The van der Waals surface area contributed by atoms with Crippen LogP contribution in [0.5, 0.6) is 0 Å². The summed E-state index contributed by atoms with van der Waals surface area (Å²) in [5, 5.41) is 0. The highest BCUT2D eigenvalue weighted by Gasteiger charge is 2.06. The molecular weight excluding hydrogens is 142 g/mol. The van der Waals surface area contributed by atoms with Gasteiger partial charge in [0.1, 0.15) is 0 Å². The van der Waals surface area contributed by atoms with Crippen molar-refractivity contribution in [2.45, 2.75) is 19.9 Å². The molecule has 11 heavy (non-hydrogen) atoms. The highest BCUT2D eigenvalue weighted by Crippen LogP contribution is 1.91. The zero-order valence-corrected chi connectivity index (χ0v) is 6.66. The first-order valence-corrected chi connectivity index (χ1v) is 3.51. The molecule has 0 saturated heterocycles. The lowest BCUT2D eigenvalue weighted by atomic mass is 10.4. The number of H-pyrrole nitrogens is 1. The molecule has 4 heteroatoms. The molecule has 0 aliphatic carbocycles. The van der Waals surface area contributed by atoms with Crippen molar-refractivity contribution in [1.82, 2.24) is 4.98 Å². The average Bonchev–Trinajstić information content (AvgIpc) is 1.85. The lowest BCUT2D eigenvalue weighted by molar-refractivity contribution is -0.704. The minimum Gasteiger partial charge on any atom is -0.290 e. The van der Waals surface area contributed by atoms with Gasteiger partial charge in [0.15, 0.2) is 0 Å². The number of rotatable bonds is 1. The van der Waals surface area contributed by atoms with Crippen LogP contribution in [0.4, 0.5) is 5.95 Å². The van der Waals surface area contributed by atoms with E-state index in [9.17, 15) is 4.79 Å². The van der Waals surface area contributed by atoms with Crippen LogP contribution in [0.3, 0.4) is 0 Å². The van der Waals surface area contributed by atoms with Gasteiger partial charge in [-0.05, 0) is 13.8 Å². The highest BCUT2D eigenvalue weighted by molar-refractivity contribution is 5.03. The zero-order valence-electron chi connectivity index (χ0n) is 6.66. The highest BCUT2D eigenvalue weighted by atomic mass is 16.1. The Kier molecular flexibility index (Phi) is 1.94. The fraction of sp³-hybridized carbons (Fsp3) is 0.429. The molecular formula is C7H12N3O+. The van der Waals surface area contributed by atoms with Crippen molar-refractivity contribution in [3.63, 3.8) is 0 Å². The Morgan fingerprint density at radius 2 is 2.27 bits per heavy atom. The van der Waals surface area contributed by atoms with Gasteiger partial charge in [-0.1, -0.05) is 0 Å². The number of nitrogens with one attached hydrogen (secondary N) is 1. The van der Waals surface area contributed by atoms with Crippen molar-refractivity contribution < 1.29 is 4.57 Å². The van der Waals surface area contributed by atoms with Crippen molar-refractivity contribution in [2.24, 2.45) is 0 Å². The second-order valence-corrected chi connectivity index (χ2v) is 2.69. The number of nitrogens with two attached hydrogens (primary N) is 1. The Morgan fingerprint density at radius 3 is 2.73 bits per heavy atom. The van der Waals surface area contributed by atoms with Crippen LogP contribution in [0.25, 0.3) is 0 Å². The molecule has 0 fully saturated rings. The van der Waals surface area contributed by atoms with Gasteiger partial charge in [-0.25, -0.2) is 9.55 Å². The Hall–Kier alpha value is -1.32. The van der Waals surface area contributed by atoms with Crippen LogP contribution in [-0.4, -0.2) is 4.98 Å². The minimum absolute atomic E-state index is 0.167. The van der Waals surface area contributed by atoms with Gasteiger partial charge >= 0.3 is 11.5 Å². The van der Waals surface area contributed by atoms with Gasteiger partial charge in [-0.2, -0.15) is 0 Å². The maximum absolute atomic E-state index is 10.7. The average molecular weight is 154 g/mol. The third-order valence-corrected chi connectivity index (χ3v) is 1.47. The smallest absolute Gasteiger partial charge is 0.290 e. The molecule has 1 aromatic rings. The summed E-state index contributed by atoms with van der Waals surface area (Å²) in [6, 6.07) is 1.72. The van der Waals surface area contributed by atoms with Crippen molar-refractivity contribution in [3.8, 4) is 0 Å². The van der Waals surface area contributed by atoms with E-state index in [2.05, 4.69) is 4.98 Å². The first kappa shape index (κ1) is 7.78. The maximum atomic E-state index is 10.7. The fourth-order valence-electron chi connectivity index (χ4n) is 0.911. The molecule has 0 aliphatic rings. The third kappa shape index (κ3) is 1.58. The van der Waals surface area contributed by atoms with Crippen molar-refractivity contribution in [1.29, 1.82) is 0 Å². The van der Waals surface area contributed by atoms with Crippen LogP contribution >= 0.6 is 0 Å². The Labute approximate surface area is 64.7 Å². The summed E-state index contributed by atoms with van der Waals surface area (Å²) in [7, 11) is 0. The monoisotopic (exact) mass is 154 g/mol. The second-order valence-electron chi connectivity index (χ2n) is 2.69. The van der Waals surface area contributed by atoms with Crippen molar-refractivity contribution in [2.75, 3.05) is 5.73 Å². The number of hydrogen-bond donors (Lipinski definition) is 2. The first-order valence-electron chi connectivity index (χ1n) is 3.51. The fourth-order valence-corrected chi connectivity index (χ4v) is 0.911. The molecule has 3 N–H and O–H groups in total. The minimum atomic E-state index is -0.167. The summed E-state index contributed by atoms with van der Waals surface area (Å²) in [6.07, 6.45) is 1.68. The van der Waals surface area contributed by atoms with E-state index in [-0.39, 0.29) is 11.6 Å². The molecule has 0 unspecified atom stereocenters. The topological polar surface area (TPSA) is 62.8 Å². The SMILES string of the molecule is CC(C)[n+]1ccc(=O)[nH]c1N. The molecule has 0 amide bonds. The molecule has 4 nitrogen and oxygen atoms in total. The van der Waals surface area contributed by atoms with Crippen LogP contribution in [-0.2, 0) is 0 Å². The zero-order chi connectivity index (χ0) is 8.43. The number of hydrogen-bond acceptors (Lipinski definition) is 2. The summed E-state index contributed by atoms with van der Waals surface area (Å²) < 4.78 is 1.79. The van der Waals surface area contributed by atoms with E-state index in [0.29, 0.717) is 5.95 Å². The Morgan fingerprint density at radius 1 is 1.64 bits per heavy atom. The number of aromatic amines is 1. The van der Waals surface area contributed by atoms with Gasteiger partial charge in [-0.3, -0.25) is 10.5 Å². The Bertz CT molecular complexity index is 303. The van der Waals surface area contributed by atoms with E-state index >= 15 is 0 Å². The van der Waals surface area contributed by atoms with Crippen molar-refractivity contribution >= 4 is 5.95 Å². The Balaban J connectivity index is 3.20. The molecule has 0 spiro atoms. The van der Waals surface area contributed by atoms with Crippen LogP contribution in [0.1, 0.15) is 19.9 Å². The molecule has 1 heterocycles. The molecule has 1 aromatic heterocycles. The van der Waals surface area contributed by atoms with E-state index in [0.717, 1.165) is 0 Å². The van der Waals surface area contributed by atoms with E-state index in [1.54, 1.807) is 10.8 Å². The standard InChI is InChI=1S/C7H11N3O/c1-5(2)10-4-3-6(11)9-7(10)8/h3-5H,1-2H3,(H2,8,9,11)/p+1. The lowest BCUT2D eigenvalue weighted by Gasteiger charge is -2.04. The summed E-state index contributed by atoms with van der Waals surface area (Å²) in [6.45, 7) is 3.99. The number of aromatic nitrogens is 2. The number of nitrogen functional groups attached to an aromatic ring is 1. The second kappa shape index (κ2) is 2.74. The van der Waals surface area contributed by atoms with Gasteiger partial charge in [0, 0.05) is 0 Å². The van der Waals surface area contributed by atoms with E-state index in [4.69, 9.17) is 5.73 Å². The molecule has 60 valence electrons. The predicted molar refractivity (Wildman–Crippen MR) is 42.1 cm³/mol. The molecule has 0 atom stereocenters. The number of nitrogens with zero attached hydrogens (tertiary/aromatic N) is 1.